The molecule has 0 radical (unpaired) electrons. The van der Waals surface area contributed by atoms with Crippen molar-refractivity contribution in [1.29, 1.82) is 0 Å². The van der Waals surface area contributed by atoms with Crippen LogP contribution in [-0.2, 0) is 29.2 Å². The average Bonchev–Trinajstić information content (AvgIpc) is 3.50. The van der Waals surface area contributed by atoms with Gasteiger partial charge in [0.2, 0.25) is 0 Å². The number of thioether (sulfide) groups is 1. The third kappa shape index (κ3) is 6.96. The predicted octanol–water partition coefficient (Wildman–Crippen LogP) is 2.36. The Labute approximate surface area is 191 Å². The lowest BCUT2D eigenvalue weighted by Crippen LogP contribution is -2.42. The molecule has 0 bridgehead atoms. The van der Waals surface area contributed by atoms with Gasteiger partial charge in [-0.2, -0.15) is 11.8 Å². The molecule has 3 rings (SSSR count). The molecule has 1 aromatic carbocycles. The molecule has 0 unspecified atom stereocenters. The predicted molar refractivity (Wildman–Crippen MR) is 123 cm³/mol. The molecule has 3 N–H and O–H groups in total. The number of ether oxygens (including phenoxy) is 1. The number of amides is 1. The number of methoxy groups -OCH3 is 1. The van der Waals surface area contributed by atoms with Gasteiger partial charge in [-0.3, -0.25) is 9.69 Å². The van der Waals surface area contributed by atoms with E-state index in [2.05, 4.69) is 30.2 Å². The molecular weight excluding hydrogens is 428 g/mol. The van der Waals surface area contributed by atoms with Crippen molar-refractivity contribution in [1.82, 2.24) is 30.2 Å². The van der Waals surface area contributed by atoms with Crippen molar-refractivity contribution in [3.63, 3.8) is 0 Å². The Morgan fingerprint density at radius 3 is 2.38 bits per heavy atom. The number of hydrogen-bond donors (Lipinski definition) is 3. The molecule has 32 heavy (non-hydrogen) atoms. The summed E-state index contributed by atoms with van der Waals surface area (Å²) in [6.07, 6.45) is 9.51. The number of rotatable bonds is 12. The van der Waals surface area contributed by atoms with Gasteiger partial charge in [-0.05, 0) is 36.1 Å². The first kappa shape index (κ1) is 23.6. The van der Waals surface area contributed by atoms with E-state index in [9.17, 15) is 9.59 Å². The van der Waals surface area contributed by atoms with Gasteiger partial charge in [-0.15, -0.1) is 0 Å². The van der Waals surface area contributed by atoms with Gasteiger partial charge in [0.1, 0.15) is 6.04 Å². The number of nitrogens with zero attached hydrogens (tertiary/aromatic N) is 3. The summed E-state index contributed by atoms with van der Waals surface area (Å²) in [4.78, 5) is 41.6. The summed E-state index contributed by atoms with van der Waals surface area (Å²) in [6, 6.07) is 6.75. The molecule has 0 aliphatic carbocycles. The van der Waals surface area contributed by atoms with Crippen LogP contribution in [0.5, 0.6) is 0 Å². The van der Waals surface area contributed by atoms with Crippen LogP contribution < -0.4 is 5.32 Å². The van der Waals surface area contributed by atoms with Crippen molar-refractivity contribution in [2.45, 2.75) is 32.1 Å². The second-order valence-corrected chi connectivity index (χ2v) is 8.28. The van der Waals surface area contributed by atoms with Crippen molar-refractivity contribution >= 4 is 23.6 Å². The number of nitrogens with one attached hydrogen (secondary N) is 3. The number of esters is 1. The molecular formula is C22H28N6O3S. The molecule has 0 aliphatic rings. The first-order valence-corrected chi connectivity index (χ1v) is 11.6. The minimum Gasteiger partial charge on any atom is -0.467 e. The number of H-pyrrole nitrogens is 2. The molecule has 0 aliphatic heterocycles. The van der Waals surface area contributed by atoms with Crippen LogP contribution in [0.2, 0.25) is 0 Å². The van der Waals surface area contributed by atoms with Gasteiger partial charge in [-0.25, -0.2) is 14.8 Å². The van der Waals surface area contributed by atoms with E-state index < -0.39 is 12.0 Å². The zero-order chi connectivity index (χ0) is 22.8. The molecule has 170 valence electrons. The summed E-state index contributed by atoms with van der Waals surface area (Å²) >= 11 is 1.61. The molecule has 2 aromatic heterocycles. The summed E-state index contributed by atoms with van der Waals surface area (Å²) < 4.78 is 4.84. The fraction of sp³-hybridized carbons (Fsp3) is 0.364. The largest absolute Gasteiger partial charge is 0.467 e. The summed E-state index contributed by atoms with van der Waals surface area (Å²) in [7, 11) is 1.33. The van der Waals surface area contributed by atoms with Crippen LogP contribution in [0, 0.1) is 0 Å². The number of carbonyl (C=O) groups excluding carboxylic acids is 2. The lowest BCUT2D eigenvalue weighted by atomic mass is 10.1. The molecule has 0 fully saturated rings. The number of aromatic amines is 2. The van der Waals surface area contributed by atoms with E-state index in [1.54, 1.807) is 30.5 Å². The molecule has 2 heterocycles. The molecule has 0 saturated heterocycles. The van der Waals surface area contributed by atoms with Gasteiger partial charge in [0, 0.05) is 37.6 Å². The maximum atomic E-state index is 12.8. The second-order valence-electron chi connectivity index (χ2n) is 7.30. The second kappa shape index (κ2) is 12.1. The fourth-order valence-corrected chi connectivity index (χ4v) is 3.79. The summed E-state index contributed by atoms with van der Waals surface area (Å²) in [5.74, 6) is 0.0114. The van der Waals surface area contributed by atoms with E-state index in [-0.39, 0.29) is 5.91 Å². The van der Waals surface area contributed by atoms with Gasteiger partial charge >= 0.3 is 5.97 Å². The number of carbonyl (C=O) groups is 2. The number of imidazole rings is 2. The Morgan fingerprint density at radius 1 is 1.12 bits per heavy atom. The molecule has 9 nitrogen and oxygen atoms in total. The molecule has 10 heteroatoms. The molecule has 1 amide bonds. The summed E-state index contributed by atoms with van der Waals surface area (Å²) in [6.45, 7) is 1.87. The van der Waals surface area contributed by atoms with Crippen molar-refractivity contribution in [3.05, 3.63) is 71.8 Å². The Kier molecular flexibility index (Phi) is 8.88. The Balaban J connectivity index is 1.70. The van der Waals surface area contributed by atoms with Gasteiger partial charge in [0.15, 0.2) is 0 Å². The van der Waals surface area contributed by atoms with Crippen LogP contribution in [0.3, 0.4) is 0 Å². The molecule has 0 spiro atoms. The van der Waals surface area contributed by atoms with Crippen LogP contribution >= 0.6 is 11.8 Å². The van der Waals surface area contributed by atoms with Gasteiger partial charge < -0.3 is 20.0 Å². The van der Waals surface area contributed by atoms with E-state index in [0.717, 1.165) is 22.7 Å². The smallest absolute Gasteiger partial charge is 0.328 e. The number of benzene rings is 1. The molecule has 1 atom stereocenters. The lowest BCUT2D eigenvalue weighted by Gasteiger charge is -2.21. The number of hydrogen-bond acceptors (Lipinski definition) is 7. The molecule has 0 saturated carbocycles. The highest BCUT2D eigenvalue weighted by Gasteiger charge is 2.22. The van der Waals surface area contributed by atoms with Crippen LogP contribution in [-0.4, -0.2) is 61.9 Å². The maximum Gasteiger partial charge on any atom is 0.328 e. The van der Waals surface area contributed by atoms with Gasteiger partial charge in [0.05, 0.1) is 31.2 Å². The topological polar surface area (TPSA) is 116 Å². The average molecular weight is 457 g/mol. The van der Waals surface area contributed by atoms with Crippen LogP contribution in [0.15, 0.2) is 49.3 Å². The Hall–Kier alpha value is -3.11. The molecule has 3 aromatic rings. The fourth-order valence-electron chi connectivity index (χ4n) is 3.32. The SMILES string of the molecule is COC(=O)[C@H](CCSC)NC(=O)c1cccc(CN(Cc2c[nH]cn2)Cc2c[nH]cn2)c1. The van der Waals surface area contributed by atoms with E-state index in [0.29, 0.717) is 31.6 Å². The quantitative estimate of drug-likeness (QED) is 0.358. The highest BCUT2D eigenvalue weighted by atomic mass is 32.2. The first-order chi connectivity index (χ1) is 15.6. The van der Waals surface area contributed by atoms with Crippen molar-refractivity contribution in [3.8, 4) is 0 Å². The summed E-state index contributed by atoms with van der Waals surface area (Å²) in [5.41, 5.74) is 3.32. The Morgan fingerprint density at radius 2 is 1.81 bits per heavy atom. The van der Waals surface area contributed by atoms with E-state index >= 15 is 0 Å². The van der Waals surface area contributed by atoms with E-state index in [4.69, 9.17) is 4.74 Å². The zero-order valence-electron chi connectivity index (χ0n) is 18.2. The van der Waals surface area contributed by atoms with Crippen molar-refractivity contribution in [2.75, 3.05) is 19.1 Å². The summed E-state index contributed by atoms with van der Waals surface area (Å²) in [5, 5.41) is 2.80. The first-order valence-electron chi connectivity index (χ1n) is 10.2. The van der Waals surface area contributed by atoms with Crippen molar-refractivity contribution in [2.24, 2.45) is 0 Å². The van der Waals surface area contributed by atoms with Crippen LogP contribution in [0.1, 0.15) is 33.7 Å². The number of aromatic nitrogens is 4. The van der Waals surface area contributed by atoms with Crippen LogP contribution in [0.4, 0.5) is 0 Å². The normalized spacial score (nSPS) is 12.0. The Bertz CT molecular complexity index is 941. The minimum atomic E-state index is -0.667. The minimum absolute atomic E-state index is 0.297. The van der Waals surface area contributed by atoms with Gasteiger partial charge in [0.25, 0.3) is 5.91 Å². The van der Waals surface area contributed by atoms with Crippen molar-refractivity contribution < 1.29 is 14.3 Å². The van der Waals surface area contributed by atoms with Gasteiger partial charge in [-0.1, -0.05) is 12.1 Å². The monoisotopic (exact) mass is 456 g/mol. The third-order valence-corrected chi connectivity index (χ3v) is 5.52. The maximum absolute atomic E-state index is 12.8. The highest BCUT2D eigenvalue weighted by molar-refractivity contribution is 7.98. The lowest BCUT2D eigenvalue weighted by molar-refractivity contribution is -0.142. The third-order valence-electron chi connectivity index (χ3n) is 4.88. The highest BCUT2D eigenvalue weighted by Crippen LogP contribution is 2.14. The standard InChI is InChI=1S/C22H28N6O3S/c1-31-22(30)20(6-7-32-2)27-21(29)17-5-3-4-16(8-17)11-28(12-18-9-23-14-25-18)13-19-10-24-15-26-19/h3-5,8-10,14-15,20H,6-7,11-13H2,1-2H3,(H,23,25)(H,24,26)(H,27,29)/t20-/m0/s1. The van der Waals surface area contributed by atoms with Crippen LogP contribution in [0.25, 0.3) is 0 Å². The zero-order valence-corrected chi connectivity index (χ0v) is 19.0. The van der Waals surface area contributed by atoms with E-state index in [1.165, 1.54) is 7.11 Å². The van der Waals surface area contributed by atoms with E-state index in [1.807, 2.05) is 36.8 Å².